The lowest BCUT2D eigenvalue weighted by molar-refractivity contribution is 0.0746. The van der Waals surface area contributed by atoms with Crippen LogP contribution in [0.15, 0.2) is 42.7 Å². The smallest absolute Gasteiger partial charge is 0.253 e. The number of nitrogens with zero attached hydrogens (tertiary/aromatic N) is 5. The number of likely N-dealkylation sites (tertiary alicyclic amines) is 1. The van der Waals surface area contributed by atoms with Gasteiger partial charge in [0.05, 0.1) is 24.7 Å². The molecule has 0 saturated carbocycles. The second-order valence-corrected chi connectivity index (χ2v) is 8.01. The average molecular weight is 410 g/mol. The number of carbonyl (C=O) groups excluding carboxylic acids is 1. The minimum atomic E-state index is 0.0825. The van der Waals surface area contributed by atoms with Crippen molar-refractivity contribution < 1.29 is 9.53 Å². The second-order valence-electron chi connectivity index (χ2n) is 8.01. The van der Waals surface area contributed by atoms with E-state index in [0.29, 0.717) is 13.1 Å². The molecule has 2 saturated heterocycles. The Hall–Kier alpha value is -2.67. The van der Waals surface area contributed by atoms with Crippen molar-refractivity contribution in [3.05, 3.63) is 48.3 Å². The van der Waals surface area contributed by atoms with Crippen molar-refractivity contribution in [2.75, 3.05) is 57.3 Å². The van der Waals surface area contributed by atoms with E-state index in [-0.39, 0.29) is 5.91 Å². The van der Waals surface area contributed by atoms with Gasteiger partial charge in [-0.25, -0.2) is 0 Å². The number of hydrogen-bond donors (Lipinski definition) is 0. The lowest BCUT2D eigenvalue weighted by Gasteiger charge is -2.35. The highest BCUT2D eigenvalue weighted by Gasteiger charge is 2.22. The molecule has 7 nitrogen and oxygen atoms in total. The largest absolute Gasteiger partial charge is 0.494 e. The molecule has 0 aliphatic carbocycles. The van der Waals surface area contributed by atoms with Gasteiger partial charge in [0, 0.05) is 38.3 Å². The monoisotopic (exact) mass is 409 g/mol. The molecule has 30 heavy (non-hydrogen) atoms. The third-order valence-corrected chi connectivity index (χ3v) is 5.94. The van der Waals surface area contributed by atoms with E-state index in [1.54, 1.807) is 12.4 Å². The number of rotatable bonds is 7. The SMILES string of the molecule is O=C(c1ccc(OCCCN2CCCCC2)cc1)N1CCN(c2ccnnc2)CC1. The van der Waals surface area contributed by atoms with Gasteiger partial charge in [0.1, 0.15) is 5.75 Å². The van der Waals surface area contributed by atoms with E-state index in [9.17, 15) is 4.79 Å². The van der Waals surface area contributed by atoms with Crippen molar-refractivity contribution in [2.45, 2.75) is 25.7 Å². The van der Waals surface area contributed by atoms with E-state index < -0.39 is 0 Å². The summed E-state index contributed by atoms with van der Waals surface area (Å²) < 4.78 is 5.87. The van der Waals surface area contributed by atoms with Crippen molar-refractivity contribution >= 4 is 11.6 Å². The van der Waals surface area contributed by atoms with E-state index in [4.69, 9.17) is 4.74 Å². The van der Waals surface area contributed by atoms with Crippen molar-refractivity contribution in [1.82, 2.24) is 20.0 Å². The van der Waals surface area contributed by atoms with Gasteiger partial charge in [-0.3, -0.25) is 4.79 Å². The fraction of sp³-hybridized carbons (Fsp3) is 0.522. The van der Waals surface area contributed by atoms with Crippen molar-refractivity contribution in [1.29, 1.82) is 0 Å². The van der Waals surface area contributed by atoms with E-state index in [0.717, 1.165) is 49.7 Å². The van der Waals surface area contributed by atoms with Crippen molar-refractivity contribution in [3.8, 4) is 5.75 Å². The molecule has 1 amide bonds. The number of carbonyl (C=O) groups is 1. The molecule has 2 fully saturated rings. The lowest BCUT2D eigenvalue weighted by Crippen LogP contribution is -2.48. The van der Waals surface area contributed by atoms with Gasteiger partial charge in [0.25, 0.3) is 5.91 Å². The highest BCUT2D eigenvalue weighted by atomic mass is 16.5. The summed E-state index contributed by atoms with van der Waals surface area (Å²) in [4.78, 5) is 19.5. The van der Waals surface area contributed by atoms with E-state index in [1.807, 2.05) is 35.2 Å². The number of hydrogen-bond acceptors (Lipinski definition) is 6. The normalized spacial score (nSPS) is 17.7. The third kappa shape index (κ3) is 5.48. The van der Waals surface area contributed by atoms with Crippen LogP contribution in [0.25, 0.3) is 0 Å². The number of amides is 1. The Bertz CT molecular complexity index is 785. The molecule has 2 aliphatic rings. The van der Waals surface area contributed by atoms with Gasteiger partial charge in [0.15, 0.2) is 0 Å². The van der Waals surface area contributed by atoms with Gasteiger partial charge < -0.3 is 19.4 Å². The highest BCUT2D eigenvalue weighted by molar-refractivity contribution is 5.94. The number of anilines is 1. The topological polar surface area (TPSA) is 61.8 Å². The molecule has 2 aliphatic heterocycles. The summed E-state index contributed by atoms with van der Waals surface area (Å²) in [5.41, 5.74) is 1.77. The first-order valence-electron chi connectivity index (χ1n) is 11.1. The molecular formula is C23H31N5O2. The molecule has 0 atom stereocenters. The lowest BCUT2D eigenvalue weighted by atomic mass is 10.1. The predicted octanol–water partition coefficient (Wildman–Crippen LogP) is 2.69. The number of benzene rings is 1. The molecule has 0 unspecified atom stereocenters. The van der Waals surface area contributed by atoms with Crippen LogP contribution in [0.4, 0.5) is 5.69 Å². The molecule has 0 spiro atoms. The molecule has 0 bridgehead atoms. The zero-order valence-electron chi connectivity index (χ0n) is 17.6. The Kier molecular flexibility index (Phi) is 7.13. The molecule has 0 N–H and O–H groups in total. The summed E-state index contributed by atoms with van der Waals surface area (Å²) in [5, 5.41) is 7.76. The van der Waals surface area contributed by atoms with E-state index in [2.05, 4.69) is 20.0 Å². The minimum Gasteiger partial charge on any atom is -0.494 e. The number of aromatic nitrogens is 2. The molecular weight excluding hydrogens is 378 g/mol. The van der Waals surface area contributed by atoms with Gasteiger partial charge >= 0.3 is 0 Å². The molecule has 160 valence electrons. The zero-order valence-corrected chi connectivity index (χ0v) is 17.6. The first-order valence-corrected chi connectivity index (χ1v) is 11.1. The summed E-state index contributed by atoms with van der Waals surface area (Å²) in [7, 11) is 0. The van der Waals surface area contributed by atoms with Crippen molar-refractivity contribution in [2.24, 2.45) is 0 Å². The first kappa shape index (κ1) is 20.6. The van der Waals surface area contributed by atoms with Crippen LogP contribution in [0.1, 0.15) is 36.0 Å². The van der Waals surface area contributed by atoms with Crippen LogP contribution in [-0.4, -0.2) is 78.3 Å². The van der Waals surface area contributed by atoms with Crippen LogP contribution >= 0.6 is 0 Å². The van der Waals surface area contributed by atoms with E-state index in [1.165, 1.54) is 32.4 Å². The van der Waals surface area contributed by atoms with Crippen LogP contribution < -0.4 is 9.64 Å². The fourth-order valence-corrected chi connectivity index (χ4v) is 4.18. The molecule has 0 radical (unpaired) electrons. The minimum absolute atomic E-state index is 0.0825. The van der Waals surface area contributed by atoms with Gasteiger partial charge in [-0.15, -0.1) is 0 Å². The van der Waals surface area contributed by atoms with Gasteiger partial charge in [-0.1, -0.05) is 6.42 Å². The average Bonchev–Trinajstić information content (AvgIpc) is 2.83. The Morgan fingerprint density at radius 3 is 2.37 bits per heavy atom. The third-order valence-electron chi connectivity index (χ3n) is 5.94. The standard InChI is InChI=1S/C23H31N5O2/c29-23(28-16-14-27(15-17-28)21-9-10-24-25-19-21)20-5-7-22(8-6-20)30-18-4-13-26-11-2-1-3-12-26/h5-10,19H,1-4,11-18H2. The molecule has 3 heterocycles. The maximum atomic E-state index is 12.8. The Balaban J connectivity index is 1.20. The van der Waals surface area contributed by atoms with Gasteiger partial charge in [-0.05, 0) is 62.7 Å². The first-order chi connectivity index (χ1) is 14.8. The maximum Gasteiger partial charge on any atom is 0.253 e. The summed E-state index contributed by atoms with van der Waals surface area (Å²) in [6, 6.07) is 9.53. The molecule has 1 aromatic carbocycles. The second kappa shape index (κ2) is 10.4. The highest BCUT2D eigenvalue weighted by Crippen LogP contribution is 2.18. The van der Waals surface area contributed by atoms with Crippen LogP contribution in [0.2, 0.25) is 0 Å². The molecule has 4 rings (SSSR count). The molecule has 2 aromatic rings. The van der Waals surface area contributed by atoms with Gasteiger partial charge in [-0.2, -0.15) is 10.2 Å². The summed E-state index contributed by atoms with van der Waals surface area (Å²) in [6.45, 7) is 7.29. The Morgan fingerprint density at radius 2 is 1.67 bits per heavy atom. The number of piperazine rings is 1. The van der Waals surface area contributed by atoms with Crippen LogP contribution in [0.3, 0.4) is 0 Å². The van der Waals surface area contributed by atoms with Crippen LogP contribution in [0.5, 0.6) is 5.75 Å². The Morgan fingerprint density at radius 1 is 0.900 bits per heavy atom. The van der Waals surface area contributed by atoms with Gasteiger partial charge in [0.2, 0.25) is 0 Å². The zero-order chi connectivity index (χ0) is 20.6. The summed E-state index contributed by atoms with van der Waals surface area (Å²) >= 11 is 0. The summed E-state index contributed by atoms with van der Waals surface area (Å²) in [6.07, 6.45) is 8.53. The maximum absolute atomic E-state index is 12.8. The number of piperidine rings is 1. The van der Waals surface area contributed by atoms with E-state index >= 15 is 0 Å². The summed E-state index contributed by atoms with van der Waals surface area (Å²) in [5.74, 6) is 0.916. The molecule has 7 heteroatoms. The quantitative estimate of drug-likeness (QED) is 0.656. The number of ether oxygens (including phenoxy) is 1. The van der Waals surface area contributed by atoms with Crippen LogP contribution in [0, 0.1) is 0 Å². The fourth-order valence-electron chi connectivity index (χ4n) is 4.18. The molecule has 1 aromatic heterocycles. The van der Waals surface area contributed by atoms with Crippen molar-refractivity contribution in [3.63, 3.8) is 0 Å². The Labute approximate surface area is 178 Å². The van der Waals surface area contributed by atoms with Crippen LogP contribution in [-0.2, 0) is 0 Å². The predicted molar refractivity (Wildman–Crippen MR) is 117 cm³/mol.